The SMILES string of the molecule is COc1ccc(F)cc1-c1ncc(C#N)s1. The van der Waals surface area contributed by atoms with Crippen molar-refractivity contribution in [1.82, 2.24) is 4.98 Å². The maximum Gasteiger partial charge on any atom is 0.129 e. The number of benzene rings is 1. The normalized spacial score (nSPS) is 9.81. The Labute approximate surface area is 95.8 Å². The topological polar surface area (TPSA) is 45.9 Å². The molecule has 0 bridgehead atoms. The van der Waals surface area contributed by atoms with E-state index in [1.54, 1.807) is 0 Å². The first kappa shape index (κ1) is 10.6. The van der Waals surface area contributed by atoms with Crippen molar-refractivity contribution in [3.05, 3.63) is 35.1 Å². The second-order valence-corrected chi connectivity index (χ2v) is 4.02. The predicted molar refractivity (Wildman–Crippen MR) is 58.8 cm³/mol. The van der Waals surface area contributed by atoms with Gasteiger partial charge in [-0.05, 0) is 18.2 Å². The molecule has 2 rings (SSSR count). The van der Waals surface area contributed by atoms with Crippen LogP contribution in [0.1, 0.15) is 4.88 Å². The molecule has 0 unspecified atom stereocenters. The van der Waals surface area contributed by atoms with Crippen molar-refractivity contribution in [2.24, 2.45) is 0 Å². The molecule has 80 valence electrons. The van der Waals surface area contributed by atoms with E-state index in [4.69, 9.17) is 10.00 Å². The number of methoxy groups -OCH3 is 1. The molecule has 0 spiro atoms. The molecule has 0 saturated carbocycles. The number of nitriles is 1. The number of hydrogen-bond donors (Lipinski definition) is 0. The third kappa shape index (κ3) is 1.88. The Bertz CT molecular complexity index is 559. The molecular formula is C11H7FN2OS. The summed E-state index contributed by atoms with van der Waals surface area (Å²) in [7, 11) is 1.51. The molecule has 5 heteroatoms. The Hall–Kier alpha value is -1.93. The van der Waals surface area contributed by atoms with E-state index in [1.807, 2.05) is 6.07 Å². The zero-order valence-corrected chi connectivity index (χ0v) is 9.21. The van der Waals surface area contributed by atoms with Crippen LogP contribution in [0.25, 0.3) is 10.6 Å². The molecule has 16 heavy (non-hydrogen) atoms. The van der Waals surface area contributed by atoms with Gasteiger partial charge in [0.2, 0.25) is 0 Å². The van der Waals surface area contributed by atoms with Gasteiger partial charge in [-0.3, -0.25) is 0 Å². The maximum atomic E-state index is 13.1. The summed E-state index contributed by atoms with van der Waals surface area (Å²) < 4.78 is 18.2. The van der Waals surface area contributed by atoms with Crippen LogP contribution in [0.5, 0.6) is 5.75 Å². The van der Waals surface area contributed by atoms with E-state index in [0.717, 1.165) is 0 Å². The molecule has 0 aliphatic carbocycles. The van der Waals surface area contributed by atoms with Gasteiger partial charge < -0.3 is 4.74 Å². The van der Waals surface area contributed by atoms with Crippen LogP contribution in [0.2, 0.25) is 0 Å². The summed E-state index contributed by atoms with van der Waals surface area (Å²) in [5.74, 6) is 0.185. The molecule has 0 radical (unpaired) electrons. The summed E-state index contributed by atoms with van der Waals surface area (Å²) >= 11 is 1.21. The quantitative estimate of drug-likeness (QED) is 0.802. The van der Waals surface area contributed by atoms with Gasteiger partial charge in [0.15, 0.2) is 0 Å². The van der Waals surface area contributed by atoms with Crippen LogP contribution in [0, 0.1) is 17.1 Å². The highest BCUT2D eigenvalue weighted by molar-refractivity contribution is 7.15. The lowest BCUT2D eigenvalue weighted by Crippen LogP contribution is -1.88. The van der Waals surface area contributed by atoms with Gasteiger partial charge in [-0.2, -0.15) is 5.26 Å². The zero-order chi connectivity index (χ0) is 11.5. The number of halogens is 1. The van der Waals surface area contributed by atoms with Crippen molar-refractivity contribution in [2.75, 3.05) is 7.11 Å². The van der Waals surface area contributed by atoms with E-state index in [-0.39, 0.29) is 5.82 Å². The first-order chi connectivity index (χ1) is 7.74. The van der Waals surface area contributed by atoms with Crippen molar-refractivity contribution >= 4 is 11.3 Å². The fraction of sp³-hybridized carbons (Fsp3) is 0.0909. The second-order valence-electron chi connectivity index (χ2n) is 2.99. The molecule has 3 nitrogen and oxygen atoms in total. The Morgan fingerprint density at radius 1 is 1.50 bits per heavy atom. The minimum Gasteiger partial charge on any atom is -0.496 e. The molecule has 1 aromatic carbocycles. The van der Waals surface area contributed by atoms with E-state index in [1.165, 1.54) is 42.8 Å². The molecule has 0 aliphatic rings. The number of ether oxygens (including phenoxy) is 1. The molecule has 0 saturated heterocycles. The average molecular weight is 234 g/mol. The Morgan fingerprint density at radius 2 is 2.31 bits per heavy atom. The van der Waals surface area contributed by atoms with Crippen LogP contribution >= 0.6 is 11.3 Å². The number of aromatic nitrogens is 1. The van der Waals surface area contributed by atoms with Crippen molar-refractivity contribution in [3.8, 4) is 22.4 Å². The monoisotopic (exact) mass is 234 g/mol. The van der Waals surface area contributed by atoms with E-state index < -0.39 is 0 Å². The third-order valence-corrected chi connectivity index (χ3v) is 2.94. The second kappa shape index (κ2) is 4.29. The van der Waals surface area contributed by atoms with Crippen LogP contribution in [0.15, 0.2) is 24.4 Å². The summed E-state index contributed by atoms with van der Waals surface area (Å²) in [6.07, 6.45) is 1.46. The first-order valence-electron chi connectivity index (χ1n) is 4.44. The van der Waals surface area contributed by atoms with Gasteiger partial charge in [-0.25, -0.2) is 9.37 Å². The number of rotatable bonds is 2. The summed E-state index contributed by atoms with van der Waals surface area (Å²) in [4.78, 5) is 4.54. The van der Waals surface area contributed by atoms with Crippen molar-refractivity contribution in [3.63, 3.8) is 0 Å². The number of nitrogens with zero attached hydrogens (tertiary/aromatic N) is 2. The average Bonchev–Trinajstić information content (AvgIpc) is 2.77. The van der Waals surface area contributed by atoms with Gasteiger partial charge >= 0.3 is 0 Å². The highest BCUT2D eigenvalue weighted by Crippen LogP contribution is 2.33. The molecular weight excluding hydrogens is 227 g/mol. The third-order valence-electron chi connectivity index (χ3n) is 2.01. The summed E-state index contributed by atoms with van der Waals surface area (Å²) in [5.41, 5.74) is 0.564. The lowest BCUT2D eigenvalue weighted by Gasteiger charge is -2.05. The molecule has 0 aliphatic heterocycles. The Morgan fingerprint density at radius 3 is 2.94 bits per heavy atom. The first-order valence-corrected chi connectivity index (χ1v) is 5.26. The molecule has 1 aromatic heterocycles. The van der Waals surface area contributed by atoms with Crippen LogP contribution in [-0.4, -0.2) is 12.1 Å². The van der Waals surface area contributed by atoms with Gasteiger partial charge in [0.05, 0.1) is 18.9 Å². The van der Waals surface area contributed by atoms with E-state index in [2.05, 4.69) is 4.98 Å². The maximum absolute atomic E-state index is 13.1. The number of thiazole rings is 1. The van der Waals surface area contributed by atoms with E-state index in [0.29, 0.717) is 21.2 Å². The smallest absolute Gasteiger partial charge is 0.129 e. The highest BCUT2D eigenvalue weighted by Gasteiger charge is 2.11. The molecule has 0 amide bonds. The van der Waals surface area contributed by atoms with Crippen LogP contribution in [0.3, 0.4) is 0 Å². The van der Waals surface area contributed by atoms with Crippen molar-refractivity contribution < 1.29 is 9.13 Å². The zero-order valence-electron chi connectivity index (χ0n) is 8.40. The molecule has 1 heterocycles. The minimum atomic E-state index is -0.357. The Balaban J connectivity index is 2.54. The lowest BCUT2D eigenvalue weighted by atomic mass is 10.2. The molecule has 0 N–H and O–H groups in total. The van der Waals surface area contributed by atoms with Crippen LogP contribution in [-0.2, 0) is 0 Å². The Kier molecular flexibility index (Phi) is 2.84. The van der Waals surface area contributed by atoms with Gasteiger partial charge in [0.1, 0.15) is 27.5 Å². The summed E-state index contributed by atoms with van der Waals surface area (Å²) in [6.45, 7) is 0. The largest absolute Gasteiger partial charge is 0.496 e. The molecule has 0 atom stereocenters. The van der Waals surface area contributed by atoms with E-state index >= 15 is 0 Å². The predicted octanol–water partition coefficient (Wildman–Crippen LogP) is 2.83. The number of hydrogen-bond acceptors (Lipinski definition) is 4. The molecule has 0 fully saturated rings. The van der Waals surface area contributed by atoms with Crippen molar-refractivity contribution in [2.45, 2.75) is 0 Å². The standard InChI is InChI=1S/C11H7FN2OS/c1-15-10-3-2-7(12)4-9(10)11-14-6-8(5-13)16-11/h2-4,6H,1H3. The van der Waals surface area contributed by atoms with Crippen LogP contribution in [0.4, 0.5) is 4.39 Å². The summed E-state index contributed by atoms with van der Waals surface area (Å²) in [6, 6.07) is 6.20. The summed E-state index contributed by atoms with van der Waals surface area (Å²) in [5, 5.41) is 9.27. The fourth-order valence-corrected chi connectivity index (χ4v) is 2.03. The van der Waals surface area contributed by atoms with Gasteiger partial charge in [-0.1, -0.05) is 0 Å². The van der Waals surface area contributed by atoms with Gasteiger partial charge in [-0.15, -0.1) is 11.3 Å². The van der Waals surface area contributed by atoms with Gasteiger partial charge in [0, 0.05) is 0 Å². The molecule has 2 aromatic rings. The fourth-order valence-electron chi connectivity index (χ4n) is 1.30. The van der Waals surface area contributed by atoms with Crippen molar-refractivity contribution in [1.29, 1.82) is 5.26 Å². The van der Waals surface area contributed by atoms with Crippen LogP contribution < -0.4 is 4.74 Å². The lowest BCUT2D eigenvalue weighted by molar-refractivity contribution is 0.415. The highest BCUT2D eigenvalue weighted by atomic mass is 32.1. The van der Waals surface area contributed by atoms with Gasteiger partial charge in [0.25, 0.3) is 0 Å². The minimum absolute atomic E-state index is 0.357. The van der Waals surface area contributed by atoms with E-state index in [9.17, 15) is 4.39 Å².